The molecule has 0 aromatic carbocycles. The number of likely N-dealkylation sites (tertiary alicyclic amines) is 1. The van der Waals surface area contributed by atoms with E-state index in [1.54, 1.807) is 11.5 Å². The van der Waals surface area contributed by atoms with Gasteiger partial charge in [0.2, 0.25) is 0 Å². The van der Waals surface area contributed by atoms with Crippen molar-refractivity contribution < 1.29 is 10.0 Å². The number of aliphatic hydroxyl groups is 1. The van der Waals surface area contributed by atoms with Crippen molar-refractivity contribution in [3.8, 4) is 0 Å². The maximum absolute atomic E-state index is 10.9. The zero-order valence-electron chi connectivity index (χ0n) is 11.9. The van der Waals surface area contributed by atoms with Crippen LogP contribution in [0.3, 0.4) is 0 Å². The summed E-state index contributed by atoms with van der Waals surface area (Å²) >= 11 is 0. The molecule has 0 spiro atoms. The highest BCUT2D eigenvalue weighted by Crippen LogP contribution is 2.22. The maximum Gasteiger partial charge on any atom is 0.342 e. The predicted octanol–water partition coefficient (Wildman–Crippen LogP) is 1.34. The first-order chi connectivity index (χ1) is 9.63. The van der Waals surface area contributed by atoms with Crippen LogP contribution in [0, 0.1) is 17.0 Å². The van der Waals surface area contributed by atoms with E-state index in [1.165, 1.54) is 12.6 Å². The summed E-state index contributed by atoms with van der Waals surface area (Å²) in [5.41, 5.74) is 0. The number of nitro groups is 1. The van der Waals surface area contributed by atoms with Gasteiger partial charge in [0.1, 0.15) is 12.7 Å². The number of aryl methyl sites for hydroxylation is 1. The molecule has 0 aliphatic carbocycles. The molecular formula is C13H22N4O3. The molecule has 7 nitrogen and oxygen atoms in total. The first kappa shape index (κ1) is 14.9. The zero-order valence-corrected chi connectivity index (χ0v) is 11.9. The Morgan fingerprint density at radius 3 is 3.05 bits per heavy atom. The lowest BCUT2D eigenvalue weighted by Crippen LogP contribution is -2.32. The monoisotopic (exact) mass is 282 g/mol. The predicted molar refractivity (Wildman–Crippen MR) is 74.5 cm³/mol. The fourth-order valence-electron chi connectivity index (χ4n) is 2.95. The number of aromatic nitrogens is 2. The van der Waals surface area contributed by atoms with E-state index in [-0.39, 0.29) is 17.3 Å². The van der Waals surface area contributed by atoms with Crippen molar-refractivity contribution in [2.24, 2.45) is 0 Å². The molecule has 1 fully saturated rings. The van der Waals surface area contributed by atoms with Crippen LogP contribution in [0.2, 0.25) is 0 Å². The molecule has 1 aromatic rings. The molecule has 1 aliphatic heterocycles. The first-order valence-electron chi connectivity index (χ1n) is 7.15. The third-order valence-electron chi connectivity index (χ3n) is 4.03. The Morgan fingerprint density at radius 1 is 1.55 bits per heavy atom. The number of rotatable bonds is 7. The molecule has 1 aliphatic rings. The second kappa shape index (κ2) is 6.81. The van der Waals surface area contributed by atoms with Gasteiger partial charge in [-0.25, -0.2) is 9.55 Å². The highest BCUT2D eigenvalue weighted by atomic mass is 16.6. The molecule has 1 atom stereocenters. The van der Waals surface area contributed by atoms with Crippen LogP contribution in [-0.4, -0.2) is 50.2 Å². The van der Waals surface area contributed by atoms with Gasteiger partial charge in [-0.05, 0) is 37.2 Å². The molecule has 2 rings (SSSR count). The summed E-state index contributed by atoms with van der Waals surface area (Å²) in [4.78, 5) is 17.0. The van der Waals surface area contributed by atoms with Crippen LogP contribution in [0.15, 0.2) is 6.20 Å². The minimum absolute atomic E-state index is 0.0635. The third kappa shape index (κ3) is 3.34. The molecule has 1 N–H and O–H groups in total. The van der Waals surface area contributed by atoms with Crippen LogP contribution in [0.1, 0.15) is 31.5 Å². The van der Waals surface area contributed by atoms with Gasteiger partial charge in [0, 0.05) is 26.1 Å². The molecule has 20 heavy (non-hydrogen) atoms. The first-order valence-corrected chi connectivity index (χ1v) is 7.15. The molecule has 0 radical (unpaired) electrons. The summed E-state index contributed by atoms with van der Waals surface area (Å²) in [6.07, 6.45) is 5.47. The smallest absolute Gasteiger partial charge is 0.342 e. The minimum atomic E-state index is -0.382. The fraction of sp³-hybridized carbons (Fsp3) is 0.769. The zero-order chi connectivity index (χ0) is 14.5. The van der Waals surface area contributed by atoms with Gasteiger partial charge in [0.25, 0.3) is 0 Å². The molecule has 1 saturated heterocycles. The van der Waals surface area contributed by atoms with Crippen LogP contribution in [0.4, 0.5) is 5.82 Å². The Balaban J connectivity index is 1.94. The Hall–Kier alpha value is -1.47. The van der Waals surface area contributed by atoms with Gasteiger partial charge < -0.3 is 15.2 Å². The van der Waals surface area contributed by atoms with Crippen LogP contribution < -0.4 is 0 Å². The molecule has 0 bridgehead atoms. The SMILES string of the molecule is Cc1ncc([N+](=O)[O-])n1CCN1CCCC1CCCO. The molecule has 2 heterocycles. The number of nitrogens with zero attached hydrogens (tertiary/aromatic N) is 4. The molecular weight excluding hydrogens is 260 g/mol. The number of hydrogen-bond acceptors (Lipinski definition) is 5. The van der Waals surface area contributed by atoms with E-state index < -0.39 is 0 Å². The molecule has 7 heteroatoms. The van der Waals surface area contributed by atoms with Gasteiger partial charge in [-0.3, -0.25) is 4.90 Å². The molecule has 1 unspecified atom stereocenters. The summed E-state index contributed by atoms with van der Waals surface area (Å²) in [5, 5.41) is 19.9. The Labute approximate surface area is 118 Å². The maximum atomic E-state index is 10.9. The van der Waals surface area contributed by atoms with E-state index >= 15 is 0 Å². The van der Waals surface area contributed by atoms with Crippen LogP contribution in [-0.2, 0) is 6.54 Å². The number of hydrogen-bond donors (Lipinski definition) is 1. The van der Waals surface area contributed by atoms with Gasteiger partial charge >= 0.3 is 5.82 Å². The van der Waals surface area contributed by atoms with Gasteiger partial charge in [-0.2, -0.15) is 0 Å². The van der Waals surface area contributed by atoms with Crippen LogP contribution in [0.5, 0.6) is 0 Å². The summed E-state index contributed by atoms with van der Waals surface area (Å²) in [7, 11) is 0. The quantitative estimate of drug-likeness (QED) is 0.602. The van der Waals surface area contributed by atoms with E-state index in [1.807, 2.05) is 0 Å². The molecule has 1 aromatic heterocycles. The van der Waals surface area contributed by atoms with Gasteiger partial charge in [0.15, 0.2) is 5.82 Å². The lowest BCUT2D eigenvalue weighted by molar-refractivity contribution is -0.392. The van der Waals surface area contributed by atoms with E-state index in [2.05, 4.69) is 9.88 Å². The van der Waals surface area contributed by atoms with E-state index in [0.29, 0.717) is 18.4 Å². The van der Waals surface area contributed by atoms with Gasteiger partial charge in [-0.15, -0.1) is 0 Å². The molecule has 0 saturated carbocycles. The van der Waals surface area contributed by atoms with E-state index in [4.69, 9.17) is 5.11 Å². The summed E-state index contributed by atoms with van der Waals surface area (Å²) < 4.78 is 1.67. The van der Waals surface area contributed by atoms with Crippen molar-refractivity contribution in [2.75, 3.05) is 19.7 Å². The second-order valence-electron chi connectivity index (χ2n) is 5.27. The Morgan fingerprint density at radius 2 is 2.35 bits per heavy atom. The normalized spacial score (nSPS) is 19.6. The lowest BCUT2D eigenvalue weighted by atomic mass is 10.1. The van der Waals surface area contributed by atoms with Gasteiger partial charge in [-0.1, -0.05) is 0 Å². The van der Waals surface area contributed by atoms with Crippen molar-refractivity contribution in [3.05, 3.63) is 22.1 Å². The standard InChI is InChI=1S/C13H22N4O3/c1-11-14-10-13(17(19)20)16(11)8-7-15-6-2-4-12(15)5-3-9-18/h10,12,18H,2-9H2,1H3. The average molecular weight is 282 g/mol. The van der Waals surface area contributed by atoms with E-state index in [9.17, 15) is 10.1 Å². The Bertz CT molecular complexity index is 460. The van der Waals surface area contributed by atoms with Crippen molar-refractivity contribution in [3.63, 3.8) is 0 Å². The van der Waals surface area contributed by atoms with Crippen molar-refractivity contribution >= 4 is 5.82 Å². The van der Waals surface area contributed by atoms with Crippen molar-refractivity contribution in [2.45, 2.75) is 45.2 Å². The highest BCUT2D eigenvalue weighted by Gasteiger charge is 2.25. The number of imidazole rings is 1. The highest BCUT2D eigenvalue weighted by molar-refractivity contribution is 5.18. The van der Waals surface area contributed by atoms with Crippen molar-refractivity contribution in [1.29, 1.82) is 0 Å². The average Bonchev–Trinajstić information content (AvgIpc) is 3.00. The lowest BCUT2D eigenvalue weighted by Gasteiger charge is -2.23. The number of aliphatic hydroxyl groups excluding tert-OH is 1. The summed E-state index contributed by atoms with van der Waals surface area (Å²) in [6, 6.07) is 0.505. The fourth-order valence-corrected chi connectivity index (χ4v) is 2.95. The van der Waals surface area contributed by atoms with Crippen molar-refractivity contribution in [1.82, 2.24) is 14.5 Å². The van der Waals surface area contributed by atoms with E-state index in [0.717, 1.165) is 32.4 Å². The minimum Gasteiger partial charge on any atom is -0.396 e. The third-order valence-corrected chi connectivity index (χ3v) is 4.03. The van der Waals surface area contributed by atoms with Gasteiger partial charge in [0.05, 0.1) is 0 Å². The molecule has 0 amide bonds. The van der Waals surface area contributed by atoms with Crippen LogP contribution in [0.25, 0.3) is 0 Å². The Kier molecular flexibility index (Phi) is 5.08. The largest absolute Gasteiger partial charge is 0.396 e. The topological polar surface area (TPSA) is 84.4 Å². The molecule has 112 valence electrons. The summed E-state index contributed by atoms with van der Waals surface area (Å²) in [5.74, 6) is 0.747. The van der Waals surface area contributed by atoms with Crippen LogP contribution >= 0.6 is 0 Å². The second-order valence-corrected chi connectivity index (χ2v) is 5.27. The summed E-state index contributed by atoms with van der Waals surface area (Å²) in [6.45, 7) is 4.46.